The van der Waals surface area contributed by atoms with Crippen molar-refractivity contribution in [3.8, 4) is 5.75 Å². The number of hydrogen-bond donors (Lipinski definition) is 4. The van der Waals surface area contributed by atoms with Crippen molar-refractivity contribution in [2.45, 2.75) is 37.4 Å². The van der Waals surface area contributed by atoms with E-state index in [1.807, 2.05) is 0 Å². The first-order valence-electron chi connectivity index (χ1n) is 11.4. The lowest BCUT2D eigenvalue weighted by molar-refractivity contribution is -0.145. The molecule has 12 heteroatoms. The second kappa shape index (κ2) is 10.5. The summed E-state index contributed by atoms with van der Waals surface area (Å²) in [7, 11) is 1.53. The Kier molecular flexibility index (Phi) is 7.44. The van der Waals surface area contributed by atoms with Crippen molar-refractivity contribution in [2.24, 2.45) is 11.8 Å². The smallest absolute Gasteiger partial charge is 0.291 e. The molecule has 0 bridgehead atoms. The minimum absolute atomic E-state index is 0.227. The van der Waals surface area contributed by atoms with Gasteiger partial charge in [0, 0.05) is 17.4 Å². The Bertz CT molecular complexity index is 1130. The number of alkyl halides is 2. The van der Waals surface area contributed by atoms with Crippen molar-refractivity contribution in [3.05, 3.63) is 30.0 Å². The van der Waals surface area contributed by atoms with E-state index in [2.05, 4.69) is 21.0 Å². The third-order valence-electron chi connectivity index (χ3n) is 6.24. The Hall–Kier alpha value is -3.34. The first-order chi connectivity index (χ1) is 16.8. The molecule has 2 heterocycles. The number of fused-ring (bicyclic) bond motifs is 1. The third kappa shape index (κ3) is 5.84. The van der Waals surface area contributed by atoms with E-state index in [1.54, 1.807) is 24.3 Å². The number of aromatic amines is 1. The summed E-state index contributed by atoms with van der Waals surface area (Å²) in [5, 5.41) is 6.79. The molecule has 1 aromatic heterocycles. The average molecular weight is 508 g/mol. The SMILES string of the molecule is COc1cccc2[nH]c(C(=O)N[C@@H](CC3CC3)C(=O)NN(CC3CCNC3=O)C(=O)C(F)Cl)cc12. The zero-order chi connectivity index (χ0) is 25.1. The molecule has 1 saturated carbocycles. The van der Waals surface area contributed by atoms with Gasteiger partial charge in [0.2, 0.25) is 5.91 Å². The van der Waals surface area contributed by atoms with Crippen LogP contribution in [-0.2, 0) is 14.4 Å². The molecule has 0 spiro atoms. The number of aromatic nitrogens is 1. The molecule has 2 aromatic rings. The molecule has 1 aliphatic heterocycles. The summed E-state index contributed by atoms with van der Waals surface area (Å²) >= 11 is 5.34. The van der Waals surface area contributed by atoms with E-state index in [4.69, 9.17) is 16.3 Å². The zero-order valence-corrected chi connectivity index (χ0v) is 19.9. The first kappa shape index (κ1) is 24.8. The Morgan fingerprint density at radius 1 is 1.29 bits per heavy atom. The number of methoxy groups -OCH3 is 1. The Morgan fingerprint density at radius 2 is 2.06 bits per heavy atom. The van der Waals surface area contributed by atoms with E-state index >= 15 is 0 Å². The van der Waals surface area contributed by atoms with Gasteiger partial charge in [-0.2, -0.15) is 0 Å². The van der Waals surface area contributed by atoms with Gasteiger partial charge in [0.15, 0.2) is 0 Å². The number of hydrazine groups is 1. The zero-order valence-electron chi connectivity index (χ0n) is 19.1. The minimum atomic E-state index is -2.39. The first-order valence-corrected chi connectivity index (χ1v) is 11.8. The summed E-state index contributed by atoms with van der Waals surface area (Å²) in [4.78, 5) is 53.4. The van der Waals surface area contributed by atoms with E-state index in [-0.39, 0.29) is 24.1 Å². The largest absolute Gasteiger partial charge is 0.496 e. The lowest BCUT2D eigenvalue weighted by Gasteiger charge is -2.28. The Morgan fingerprint density at radius 3 is 2.69 bits per heavy atom. The van der Waals surface area contributed by atoms with Crippen LogP contribution in [0.4, 0.5) is 4.39 Å². The monoisotopic (exact) mass is 507 g/mol. The van der Waals surface area contributed by atoms with Gasteiger partial charge in [0.05, 0.1) is 19.6 Å². The van der Waals surface area contributed by atoms with Crippen LogP contribution in [0.25, 0.3) is 10.9 Å². The van der Waals surface area contributed by atoms with Gasteiger partial charge >= 0.3 is 0 Å². The predicted octanol–water partition coefficient (Wildman–Crippen LogP) is 1.61. The van der Waals surface area contributed by atoms with Crippen molar-refractivity contribution in [2.75, 3.05) is 20.2 Å². The fraction of sp³-hybridized carbons (Fsp3) is 0.478. The number of halogens is 2. The molecule has 2 fully saturated rings. The molecule has 0 radical (unpaired) electrons. The fourth-order valence-corrected chi connectivity index (χ4v) is 4.26. The van der Waals surface area contributed by atoms with Crippen LogP contribution < -0.4 is 20.8 Å². The summed E-state index contributed by atoms with van der Waals surface area (Å²) in [6, 6.07) is 6.00. The Labute approximate surface area is 205 Å². The highest BCUT2D eigenvalue weighted by atomic mass is 35.5. The molecule has 4 amide bonds. The number of rotatable bonds is 9. The van der Waals surface area contributed by atoms with Crippen LogP contribution in [0.3, 0.4) is 0 Å². The maximum atomic E-state index is 13.6. The molecule has 2 unspecified atom stereocenters. The second-order valence-electron chi connectivity index (χ2n) is 8.81. The summed E-state index contributed by atoms with van der Waals surface area (Å²) in [5.74, 6) is -2.44. The lowest BCUT2D eigenvalue weighted by Crippen LogP contribution is -2.56. The number of nitrogens with one attached hydrogen (secondary N) is 4. The summed E-state index contributed by atoms with van der Waals surface area (Å²) in [6.45, 7) is 0.199. The molecule has 188 valence electrons. The number of ether oxygens (including phenoxy) is 1. The lowest BCUT2D eigenvalue weighted by atomic mass is 10.1. The van der Waals surface area contributed by atoms with E-state index in [0.717, 1.165) is 17.9 Å². The van der Waals surface area contributed by atoms with Crippen molar-refractivity contribution in [1.29, 1.82) is 0 Å². The van der Waals surface area contributed by atoms with Crippen LogP contribution in [0.2, 0.25) is 0 Å². The normalized spacial score (nSPS) is 19.1. The van der Waals surface area contributed by atoms with Gasteiger partial charge in [-0.15, -0.1) is 0 Å². The molecule has 35 heavy (non-hydrogen) atoms. The highest BCUT2D eigenvalue weighted by Gasteiger charge is 2.35. The van der Waals surface area contributed by atoms with Gasteiger partial charge in [-0.3, -0.25) is 24.6 Å². The van der Waals surface area contributed by atoms with Gasteiger partial charge in [0.25, 0.3) is 23.4 Å². The maximum absolute atomic E-state index is 13.6. The van der Waals surface area contributed by atoms with Crippen LogP contribution >= 0.6 is 11.6 Å². The van der Waals surface area contributed by atoms with Gasteiger partial charge in [-0.05, 0) is 37.0 Å². The number of benzene rings is 1. The van der Waals surface area contributed by atoms with Crippen molar-refractivity contribution in [3.63, 3.8) is 0 Å². The highest BCUT2D eigenvalue weighted by Crippen LogP contribution is 2.34. The van der Waals surface area contributed by atoms with Crippen LogP contribution in [0.15, 0.2) is 24.3 Å². The van der Waals surface area contributed by atoms with Gasteiger partial charge in [-0.1, -0.05) is 30.5 Å². The standard InChI is InChI=1S/C23H27ClFN5O5/c1-35-18-4-2-3-15-14(18)10-17(27-15)21(32)28-16(9-12-5-6-12)22(33)29-30(23(34)19(24)25)11-13-7-8-26-20(13)31/h2-4,10,12-13,16,19,27H,5-9,11H2,1H3,(H,26,31)(H,28,32)(H,29,33)/t13?,16-,19?/m0/s1. The molecule has 2 aliphatic rings. The summed E-state index contributed by atoms with van der Waals surface area (Å²) in [6.07, 6.45) is 2.63. The van der Waals surface area contributed by atoms with Gasteiger partial charge in [0.1, 0.15) is 17.5 Å². The molecule has 3 atom stereocenters. The number of carbonyl (C=O) groups is 4. The third-order valence-corrected chi connectivity index (χ3v) is 6.43. The summed E-state index contributed by atoms with van der Waals surface area (Å²) < 4.78 is 18.9. The van der Waals surface area contributed by atoms with Crippen LogP contribution in [0, 0.1) is 11.8 Å². The van der Waals surface area contributed by atoms with Gasteiger partial charge < -0.3 is 20.4 Å². The number of hydrogen-bond acceptors (Lipinski definition) is 5. The maximum Gasteiger partial charge on any atom is 0.291 e. The van der Waals surface area contributed by atoms with E-state index < -0.39 is 35.3 Å². The van der Waals surface area contributed by atoms with Crippen LogP contribution in [0.1, 0.15) is 36.2 Å². The number of amides is 4. The molecule has 4 N–H and O–H groups in total. The molecule has 1 saturated heterocycles. The second-order valence-corrected chi connectivity index (χ2v) is 9.20. The Balaban J connectivity index is 1.49. The van der Waals surface area contributed by atoms with Gasteiger partial charge in [-0.25, -0.2) is 9.40 Å². The molecule has 1 aromatic carbocycles. The topological polar surface area (TPSA) is 133 Å². The highest BCUT2D eigenvalue weighted by molar-refractivity contribution is 6.29. The number of carbonyl (C=O) groups excluding carboxylic acids is 4. The molecule has 1 aliphatic carbocycles. The number of H-pyrrole nitrogens is 1. The van der Waals surface area contributed by atoms with E-state index in [0.29, 0.717) is 36.0 Å². The van der Waals surface area contributed by atoms with Crippen molar-refractivity contribution in [1.82, 2.24) is 26.1 Å². The fourth-order valence-electron chi connectivity index (χ4n) is 4.14. The van der Waals surface area contributed by atoms with Crippen molar-refractivity contribution >= 4 is 46.1 Å². The molecular formula is C23H27ClFN5O5. The van der Waals surface area contributed by atoms with Crippen LogP contribution in [0.5, 0.6) is 5.75 Å². The molecular weight excluding hydrogens is 481 g/mol. The molecule has 4 rings (SSSR count). The average Bonchev–Trinajstić information content (AvgIpc) is 3.39. The quantitative estimate of drug-likeness (QED) is 0.302. The summed E-state index contributed by atoms with van der Waals surface area (Å²) in [5.41, 5.74) is 0.914. The van der Waals surface area contributed by atoms with Crippen molar-refractivity contribution < 1.29 is 28.3 Å². The van der Waals surface area contributed by atoms with E-state index in [9.17, 15) is 23.6 Å². The minimum Gasteiger partial charge on any atom is -0.496 e. The predicted molar refractivity (Wildman–Crippen MR) is 125 cm³/mol. The van der Waals surface area contributed by atoms with E-state index in [1.165, 1.54) is 7.11 Å². The molecule has 10 nitrogen and oxygen atoms in total. The number of nitrogens with zero attached hydrogens (tertiary/aromatic N) is 1. The van der Waals surface area contributed by atoms with Crippen LogP contribution in [-0.4, -0.2) is 65.5 Å².